The van der Waals surface area contributed by atoms with E-state index in [1.165, 1.54) is 11.1 Å². The highest BCUT2D eigenvalue weighted by atomic mass is 14.7. The van der Waals surface area contributed by atoms with Crippen LogP contribution in [0.5, 0.6) is 0 Å². The summed E-state index contributed by atoms with van der Waals surface area (Å²) in [6.45, 7) is 2.13. The number of aryl methyl sites for hydroxylation is 1. The molecule has 1 aliphatic rings. The monoisotopic (exact) mass is 173 g/mol. The molecule has 1 aromatic carbocycles. The Morgan fingerprint density at radius 2 is 1.77 bits per heavy atom. The minimum absolute atomic E-state index is 0.134. The molecule has 0 atom stereocenters. The van der Waals surface area contributed by atoms with E-state index in [1.54, 1.807) is 0 Å². The average molecular weight is 173 g/mol. The standard InChI is InChI=1S/C12H15N/c1-10-6-2-3-7-11(10)12(13)8-4-5-9-12/h2-7H,8-9,13H2,1H3. The molecular weight excluding hydrogens is 158 g/mol. The normalized spacial score (nSPS) is 19.2. The first-order valence-corrected chi connectivity index (χ1v) is 4.72. The molecule has 0 saturated heterocycles. The second-order valence-corrected chi connectivity index (χ2v) is 3.85. The van der Waals surface area contributed by atoms with Gasteiger partial charge in [0.1, 0.15) is 0 Å². The summed E-state index contributed by atoms with van der Waals surface area (Å²) in [7, 11) is 0. The lowest BCUT2D eigenvalue weighted by Crippen LogP contribution is -2.34. The zero-order chi connectivity index (χ0) is 9.31. The maximum absolute atomic E-state index is 6.32. The molecular formula is C12H15N. The first kappa shape index (κ1) is 8.52. The van der Waals surface area contributed by atoms with Crippen LogP contribution in [0.3, 0.4) is 0 Å². The molecule has 0 unspecified atom stereocenters. The summed E-state index contributed by atoms with van der Waals surface area (Å²) < 4.78 is 0. The van der Waals surface area contributed by atoms with Crippen molar-refractivity contribution in [2.75, 3.05) is 0 Å². The van der Waals surface area contributed by atoms with Crippen LogP contribution >= 0.6 is 0 Å². The Labute approximate surface area is 79.3 Å². The molecule has 1 aliphatic carbocycles. The van der Waals surface area contributed by atoms with Crippen LogP contribution in [-0.2, 0) is 5.54 Å². The van der Waals surface area contributed by atoms with Gasteiger partial charge in [0.2, 0.25) is 0 Å². The van der Waals surface area contributed by atoms with Gasteiger partial charge < -0.3 is 5.73 Å². The van der Waals surface area contributed by atoms with Gasteiger partial charge in [-0.3, -0.25) is 0 Å². The Bertz CT molecular complexity index is 331. The van der Waals surface area contributed by atoms with Crippen molar-refractivity contribution in [1.82, 2.24) is 0 Å². The van der Waals surface area contributed by atoms with Gasteiger partial charge in [-0.2, -0.15) is 0 Å². The van der Waals surface area contributed by atoms with E-state index in [1.807, 2.05) is 0 Å². The van der Waals surface area contributed by atoms with Gasteiger partial charge in [0.15, 0.2) is 0 Å². The third kappa shape index (κ3) is 1.40. The predicted molar refractivity (Wildman–Crippen MR) is 55.4 cm³/mol. The third-order valence-corrected chi connectivity index (χ3v) is 2.81. The summed E-state index contributed by atoms with van der Waals surface area (Å²) in [5.41, 5.74) is 8.78. The Morgan fingerprint density at radius 3 is 2.38 bits per heavy atom. The lowest BCUT2D eigenvalue weighted by Gasteiger charge is -2.26. The second kappa shape index (κ2) is 3.00. The molecule has 1 aromatic rings. The fraction of sp³-hybridized carbons (Fsp3) is 0.333. The first-order valence-electron chi connectivity index (χ1n) is 4.72. The summed E-state index contributed by atoms with van der Waals surface area (Å²) in [6.07, 6.45) is 6.29. The van der Waals surface area contributed by atoms with E-state index >= 15 is 0 Å². The number of benzene rings is 1. The van der Waals surface area contributed by atoms with Crippen molar-refractivity contribution in [2.24, 2.45) is 5.73 Å². The molecule has 0 spiro atoms. The third-order valence-electron chi connectivity index (χ3n) is 2.81. The highest BCUT2D eigenvalue weighted by molar-refractivity contribution is 5.35. The van der Waals surface area contributed by atoms with E-state index in [2.05, 4.69) is 43.3 Å². The second-order valence-electron chi connectivity index (χ2n) is 3.85. The lowest BCUT2D eigenvalue weighted by atomic mass is 9.86. The Balaban J connectivity index is 2.40. The van der Waals surface area contributed by atoms with Crippen molar-refractivity contribution in [3.05, 3.63) is 47.5 Å². The van der Waals surface area contributed by atoms with E-state index in [0.717, 1.165) is 12.8 Å². The highest BCUT2D eigenvalue weighted by Crippen LogP contribution is 2.33. The van der Waals surface area contributed by atoms with E-state index in [-0.39, 0.29) is 5.54 Å². The van der Waals surface area contributed by atoms with Crippen molar-refractivity contribution in [1.29, 1.82) is 0 Å². The van der Waals surface area contributed by atoms with Gasteiger partial charge in [0.05, 0.1) is 0 Å². The van der Waals surface area contributed by atoms with Gasteiger partial charge in [0.25, 0.3) is 0 Å². The molecule has 0 saturated carbocycles. The minimum Gasteiger partial charge on any atom is -0.321 e. The number of hydrogen-bond donors (Lipinski definition) is 1. The van der Waals surface area contributed by atoms with Crippen LogP contribution in [0, 0.1) is 6.92 Å². The number of rotatable bonds is 1. The average Bonchev–Trinajstić information content (AvgIpc) is 2.54. The van der Waals surface area contributed by atoms with E-state index in [0.29, 0.717) is 0 Å². The van der Waals surface area contributed by atoms with Crippen molar-refractivity contribution < 1.29 is 0 Å². The SMILES string of the molecule is Cc1ccccc1C1(N)CC=CC1. The Hall–Kier alpha value is -1.08. The summed E-state index contributed by atoms with van der Waals surface area (Å²) in [4.78, 5) is 0. The van der Waals surface area contributed by atoms with Crippen LogP contribution in [0.4, 0.5) is 0 Å². The Morgan fingerprint density at radius 1 is 1.15 bits per heavy atom. The minimum atomic E-state index is -0.134. The van der Waals surface area contributed by atoms with Crippen molar-refractivity contribution >= 4 is 0 Å². The maximum atomic E-state index is 6.32. The fourth-order valence-corrected chi connectivity index (χ4v) is 2.02. The number of hydrogen-bond acceptors (Lipinski definition) is 1. The van der Waals surface area contributed by atoms with Crippen LogP contribution in [0.15, 0.2) is 36.4 Å². The summed E-state index contributed by atoms with van der Waals surface area (Å²) in [6, 6.07) is 8.39. The van der Waals surface area contributed by atoms with E-state index in [4.69, 9.17) is 5.73 Å². The molecule has 2 rings (SSSR count). The molecule has 0 heterocycles. The molecule has 68 valence electrons. The molecule has 0 radical (unpaired) electrons. The predicted octanol–water partition coefficient (Wildman–Crippen LogP) is 2.50. The molecule has 0 bridgehead atoms. The fourth-order valence-electron chi connectivity index (χ4n) is 2.02. The lowest BCUT2D eigenvalue weighted by molar-refractivity contribution is 0.478. The molecule has 1 nitrogen and oxygen atoms in total. The number of nitrogens with two attached hydrogens (primary N) is 1. The van der Waals surface area contributed by atoms with Crippen LogP contribution in [-0.4, -0.2) is 0 Å². The molecule has 0 aromatic heterocycles. The molecule has 0 fully saturated rings. The van der Waals surface area contributed by atoms with Crippen LogP contribution < -0.4 is 5.73 Å². The van der Waals surface area contributed by atoms with Crippen molar-refractivity contribution in [2.45, 2.75) is 25.3 Å². The molecule has 1 heteroatoms. The summed E-state index contributed by atoms with van der Waals surface area (Å²) in [5.74, 6) is 0. The van der Waals surface area contributed by atoms with E-state index < -0.39 is 0 Å². The van der Waals surface area contributed by atoms with Crippen molar-refractivity contribution in [3.63, 3.8) is 0 Å². The topological polar surface area (TPSA) is 26.0 Å². The van der Waals surface area contributed by atoms with Crippen LogP contribution in [0.25, 0.3) is 0 Å². The van der Waals surface area contributed by atoms with Crippen LogP contribution in [0.2, 0.25) is 0 Å². The van der Waals surface area contributed by atoms with Gasteiger partial charge in [-0.25, -0.2) is 0 Å². The smallest absolute Gasteiger partial charge is 0.0481 e. The molecule has 13 heavy (non-hydrogen) atoms. The van der Waals surface area contributed by atoms with E-state index in [9.17, 15) is 0 Å². The maximum Gasteiger partial charge on any atom is 0.0481 e. The summed E-state index contributed by atoms with van der Waals surface area (Å²) >= 11 is 0. The molecule has 2 N–H and O–H groups in total. The molecule has 0 amide bonds. The van der Waals surface area contributed by atoms with Gasteiger partial charge in [-0.1, -0.05) is 36.4 Å². The quantitative estimate of drug-likeness (QED) is 0.649. The van der Waals surface area contributed by atoms with Gasteiger partial charge >= 0.3 is 0 Å². The summed E-state index contributed by atoms with van der Waals surface area (Å²) in [5, 5.41) is 0. The van der Waals surface area contributed by atoms with Gasteiger partial charge in [-0.05, 0) is 30.9 Å². The van der Waals surface area contributed by atoms with Crippen molar-refractivity contribution in [3.8, 4) is 0 Å². The van der Waals surface area contributed by atoms with Crippen LogP contribution in [0.1, 0.15) is 24.0 Å². The first-order chi connectivity index (χ1) is 6.22. The zero-order valence-electron chi connectivity index (χ0n) is 7.96. The largest absolute Gasteiger partial charge is 0.321 e. The molecule has 0 aliphatic heterocycles. The Kier molecular flexibility index (Phi) is 1.97. The zero-order valence-corrected chi connectivity index (χ0v) is 7.96. The van der Waals surface area contributed by atoms with Gasteiger partial charge in [-0.15, -0.1) is 0 Å². The highest BCUT2D eigenvalue weighted by Gasteiger charge is 2.28. The van der Waals surface area contributed by atoms with Gasteiger partial charge in [0, 0.05) is 5.54 Å².